The Morgan fingerprint density at radius 3 is 2.74 bits per heavy atom. The fourth-order valence-corrected chi connectivity index (χ4v) is 3.15. The number of ether oxygens (including phenoxy) is 1. The zero-order valence-corrected chi connectivity index (χ0v) is 12.1. The molecule has 0 aromatic carbocycles. The Balaban J connectivity index is 2.09. The first-order chi connectivity index (χ1) is 9.22. The number of nitrogens with zero attached hydrogens (tertiary/aromatic N) is 3. The number of rotatable bonds is 6. The lowest BCUT2D eigenvalue weighted by Gasteiger charge is -2.41. The van der Waals surface area contributed by atoms with Gasteiger partial charge in [0, 0.05) is 25.6 Å². The van der Waals surface area contributed by atoms with Crippen molar-refractivity contribution in [2.75, 3.05) is 6.61 Å². The van der Waals surface area contributed by atoms with Crippen LogP contribution in [0.4, 0.5) is 0 Å². The Bertz CT molecular complexity index is 379. The van der Waals surface area contributed by atoms with E-state index in [9.17, 15) is 0 Å². The average Bonchev–Trinajstić information content (AvgIpc) is 2.87. The van der Waals surface area contributed by atoms with E-state index >= 15 is 0 Å². The molecule has 1 aliphatic carbocycles. The van der Waals surface area contributed by atoms with Gasteiger partial charge in [-0.1, -0.05) is 19.3 Å². The van der Waals surface area contributed by atoms with Crippen LogP contribution >= 0.6 is 0 Å². The molecule has 1 aliphatic rings. The molecule has 1 heterocycles. The van der Waals surface area contributed by atoms with Crippen molar-refractivity contribution < 1.29 is 4.74 Å². The Labute approximate surface area is 115 Å². The monoisotopic (exact) mass is 266 g/mol. The number of nitrogens with two attached hydrogens (primary N) is 1. The Hall–Kier alpha value is -0.940. The van der Waals surface area contributed by atoms with Gasteiger partial charge in [-0.3, -0.25) is 4.68 Å². The van der Waals surface area contributed by atoms with Gasteiger partial charge in [0.25, 0.3) is 0 Å². The van der Waals surface area contributed by atoms with Crippen LogP contribution in [-0.4, -0.2) is 33.0 Å². The van der Waals surface area contributed by atoms with Crippen molar-refractivity contribution in [3.05, 3.63) is 12.2 Å². The summed E-state index contributed by atoms with van der Waals surface area (Å²) in [6.45, 7) is 5.69. The first-order valence-corrected chi connectivity index (χ1v) is 7.48. The molecule has 1 unspecified atom stereocenters. The van der Waals surface area contributed by atoms with Crippen LogP contribution in [0.1, 0.15) is 51.8 Å². The van der Waals surface area contributed by atoms with E-state index in [0.29, 0.717) is 0 Å². The van der Waals surface area contributed by atoms with Crippen LogP contribution in [0.25, 0.3) is 0 Å². The molecule has 1 fully saturated rings. The topological polar surface area (TPSA) is 66.0 Å². The maximum Gasteiger partial charge on any atom is 0.138 e. The maximum absolute atomic E-state index is 6.48. The molecule has 0 saturated heterocycles. The third kappa shape index (κ3) is 3.15. The third-order valence-corrected chi connectivity index (χ3v) is 4.21. The predicted molar refractivity (Wildman–Crippen MR) is 74.8 cm³/mol. The van der Waals surface area contributed by atoms with Crippen molar-refractivity contribution in [1.29, 1.82) is 0 Å². The summed E-state index contributed by atoms with van der Waals surface area (Å²) >= 11 is 0. The van der Waals surface area contributed by atoms with E-state index in [1.165, 1.54) is 19.3 Å². The molecule has 5 nitrogen and oxygen atoms in total. The zero-order valence-electron chi connectivity index (χ0n) is 12.1. The van der Waals surface area contributed by atoms with Gasteiger partial charge >= 0.3 is 0 Å². The summed E-state index contributed by atoms with van der Waals surface area (Å²) in [7, 11) is 0. The second kappa shape index (κ2) is 6.48. The van der Waals surface area contributed by atoms with Crippen LogP contribution in [-0.2, 0) is 17.7 Å². The molecule has 0 bridgehead atoms. The molecule has 108 valence electrons. The van der Waals surface area contributed by atoms with Gasteiger partial charge in [-0.15, -0.1) is 0 Å². The second-order valence-corrected chi connectivity index (χ2v) is 5.36. The fraction of sp³-hybridized carbons (Fsp3) is 0.857. The predicted octanol–water partition coefficient (Wildman–Crippen LogP) is 1.91. The molecule has 0 spiro atoms. The van der Waals surface area contributed by atoms with E-state index in [-0.39, 0.29) is 11.6 Å². The smallest absolute Gasteiger partial charge is 0.138 e. The van der Waals surface area contributed by atoms with E-state index in [1.54, 1.807) is 6.33 Å². The van der Waals surface area contributed by atoms with E-state index in [2.05, 4.69) is 23.9 Å². The van der Waals surface area contributed by atoms with E-state index in [4.69, 9.17) is 10.5 Å². The summed E-state index contributed by atoms with van der Waals surface area (Å²) in [5.74, 6) is 0.972. The maximum atomic E-state index is 6.48. The number of aryl methyl sites for hydroxylation is 1. The van der Waals surface area contributed by atoms with Gasteiger partial charge in [-0.2, -0.15) is 5.10 Å². The molecule has 2 N–H and O–H groups in total. The highest BCUT2D eigenvalue weighted by molar-refractivity contribution is 5.00. The largest absolute Gasteiger partial charge is 0.374 e. The van der Waals surface area contributed by atoms with E-state index in [0.717, 1.165) is 38.2 Å². The Kier molecular flexibility index (Phi) is 4.93. The molecular formula is C14H26N4O. The van der Waals surface area contributed by atoms with Crippen molar-refractivity contribution in [3.63, 3.8) is 0 Å². The normalized spacial score (nSPS) is 20.4. The molecule has 1 aromatic rings. The highest BCUT2D eigenvalue weighted by atomic mass is 16.5. The molecule has 2 rings (SSSR count). The number of aromatic nitrogens is 3. The summed E-state index contributed by atoms with van der Waals surface area (Å²) in [5, 5.41) is 4.21. The van der Waals surface area contributed by atoms with E-state index < -0.39 is 0 Å². The Morgan fingerprint density at radius 2 is 2.11 bits per heavy atom. The van der Waals surface area contributed by atoms with Crippen LogP contribution in [0.5, 0.6) is 0 Å². The highest BCUT2D eigenvalue weighted by Gasteiger charge is 2.39. The summed E-state index contributed by atoms with van der Waals surface area (Å²) in [5.41, 5.74) is 6.32. The van der Waals surface area contributed by atoms with Gasteiger partial charge in [0.2, 0.25) is 0 Å². The standard InChI is InChI=1S/C14H26N4O/c1-3-18-13(16-11-17-18)10-12(15)14(19-4-2)8-6-5-7-9-14/h11-12H,3-10,15H2,1-2H3. The van der Waals surface area contributed by atoms with Crippen molar-refractivity contribution in [2.24, 2.45) is 5.73 Å². The summed E-state index contributed by atoms with van der Waals surface area (Å²) < 4.78 is 7.99. The molecule has 0 radical (unpaired) electrons. The van der Waals surface area contributed by atoms with Crippen LogP contribution in [0.2, 0.25) is 0 Å². The molecule has 0 aliphatic heterocycles. The molecule has 0 amide bonds. The lowest BCUT2D eigenvalue weighted by molar-refractivity contribution is -0.0822. The van der Waals surface area contributed by atoms with Gasteiger partial charge in [0.15, 0.2) is 0 Å². The zero-order chi connectivity index (χ0) is 13.7. The highest BCUT2D eigenvalue weighted by Crippen LogP contribution is 2.34. The van der Waals surface area contributed by atoms with Crippen LogP contribution < -0.4 is 5.73 Å². The molecule has 1 aromatic heterocycles. The summed E-state index contributed by atoms with van der Waals surface area (Å²) in [6, 6.07) is 0.00208. The van der Waals surface area contributed by atoms with Crippen LogP contribution in [0.15, 0.2) is 6.33 Å². The van der Waals surface area contributed by atoms with Gasteiger partial charge in [0.1, 0.15) is 12.2 Å². The van der Waals surface area contributed by atoms with Gasteiger partial charge in [-0.25, -0.2) is 4.98 Å². The lowest BCUT2D eigenvalue weighted by atomic mass is 9.78. The molecule has 1 atom stereocenters. The molecule has 5 heteroatoms. The molecule has 19 heavy (non-hydrogen) atoms. The van der Waals surface area contributed by atoms with Crippen molar-refractivity contribution in [2.45, 2.75) is 70.6 Å². The average molecular weight is 266 g/mol. The first-order valence-electron chi connectivity index (χ1n) is 7.48. The summed E-state index contributed by atoms with van der Waals surface area (Å²) in [4.78, 5) is 4.33. The number of hydrogen-bond acceptors (Lipinski definition) is 4. The van der Waals surface area contributed by atoms with E-state index in [1.807, 2.05) is 4.68 Å². The van der Waals surface area contributed by atoms with Crippen molar-refractivity contribution >= 4 is 0 Å². The van der Waals surface area contributed by atoms with Crippen LogP contribution in [0.3, 0.4) is 0 Å². The van der Waals surface area contributed by atoms with Crippen molar-refractivity contribution in [1.82, 2.24) is 14.8 Å². The van der Waals surface area contributed by atoms with Gasteiger partial charge in [0.05, 0.1) is 5.60 Å². The third-order valence-electron chi connectivity index (χ3n) is 4.21. The Morgan fingerprint density at radius 1 is 1.37 bits per heavy atom. The minimum absolute atomic E-state index is 0.00208. The fourth-order valence-electron chi connectivity index (χ4n) is 3.15. The minimum atomic E-state index is -0.155. The first kappa shape index (κ1) is 14.5. The van der Waals surface area contributed by atoms with Crippen LogP contribution in [0, 0.1) is 0 Å². The van der Waals surface area contributed by atoms with Crippen molar-refractivity contribution in [3.8, 4) is 0 Å². The summed E-state index contributed by atoms with van der Waals surface area (Å²) in [6.07, 6.45) is 8.23. The van der Waals surface area contributed by atoms with Gasteiger partial charge < -0.3 is 10.5 Å². The van der Waals surface area contributed by atoms with Gasteiger partial charge in [-0.05, 0) is 26.7 Å². The number of hydrogen-bond donors (Lipinski definition) is 1. The SMILES string of the molecule is CCOC1(C(N)Cc2ncnn2CC)CCCCC1. The molecule has 1 saturated carbocycles. The molecular weight excluding hydrogens is 240 g/mol. The lowest BCUT2D eigenvalue weighted by Crippen LogP contribution is -2.52. The second-order valence-electron chi connectivity index (χ2n) is 5.36. The quantitative estimate of drug-likeness (QED) is 0.854. The minimum Gasteiger partial charge on any atom is -0.374 e.